The lowest BCUT2D eigenvalue weighted by Crippen LogP contribution is -2.30. The van der Waals surface area contributed by atoms with Gasteiger partial charge >= 0.3 is 5.97 Å². The molecule has 0 fully saturated rings. The SMILES string of the molecule is O=C(CNC(=O)c1ccc(Cn2cccn2)cc1)OCc1ccccc1. The van der Waals surface area contributed by atoms with E-state index in [1.165, 1.54) is 0 Å². The molecule has 1 aromatic heterocycles. The van der Waals surface area contributed by atoms with Crippen LogP contribution in [0.5, 0.6) is 0 Å². The number of esters is 1. The third-order valence-corrected chi connectivity index (χ3v) is 3.76. The monoisotopic (exact) mass is 349 g/mol. The molecule has 1 N–H and O–H groups in total. The molecule has 0 unspecified atom stereocenters. The number of amides is 1. The molecule has 3 rings (SSSR count). The number of aromatic nitrogens is 2. The Bertz CT molecular complexity index is 844. The molecule has 0 aliphatic rings. The summed E-state index contributed by atoms with van der Waals surface area (Å²) in [6, 6.07) is 18.4. The number of nitrogens with one attached hydrogen (secondary N) is 1. The standard InChI is InChI=1S/C20H19N3O3/c24-19(26-15-17-5-2-1-3-6-17)13-21-20(25)18-9-7-16(8-10-18)14-23-12-4-11-22-23/h1-12H,13-15H2,(H,21,25). The lowest BCUT2D eigenvalue weighted by molar-refractivity contribution is -0.143. The van der Waals surface area contributed by atoms with Crippen molar-refractivity contribution >= 4 is 11.9 Å². The molecule has 1 heterocycles. The lowest BCUT2D eigenvalue weighted by atomic mass is 10.1. The number of rotatable bonds is 7. The Morgan fingerprint density at radius 1 is 0.962 bits per heavy atom. The predicted molar refractivity (Wildman–Crippen MR) is 96.3 cm³/mol. The van der Waals surface area contributed by atoms with Crippen molar-refractivity contribution in [3.8, 4) is 0 Å². The predicted octanol–water partition coefficient (Wildman–Crippen LogP) is 2.40. The Kier molecular flexibility index (Phi) is 5.77. The van der Waals surface area contributed by atoms with Gasteiger partial charge in [-0.15, -0.1) is 0 Å². The van der Waals surface area contributed by atoms with Crippen molar-refractivity contribution in [3.05, 3.63) is 89.7 Å². The zero-order chi connectivity index (χ0) is 18.2. The number of benzene rings is 2. The second kappa shape index (κ2) is 8.62. The molecule has 3 aromatic rings. The van der Waals surface area contributed by atoms with Gasteiger partial charge < -0.3 is 10.1 Å². The first-order valence-electron chi connectivity index (χ1n) is 8.25. The first-order chi connectivity index (χ1) is 12.7. The van der Waals surface area contributed by atoms with Gasteiger partial charge in [0.2, 0.25) is 0 Å². The van der Waals surface area contributed by atoms with Crippen molar-refractivity contribution < 1.29 is 14.3 Å². The number of carbonyl (C=O) groups is 2. The fourth-order valence-electron chi connectivity index (χ4n) is 2.39. The molecule has 0 saturated carbocycles. The summed E-state index contributed by atoms with van der Waals surface area (Å²) < 4.78 is 6.93. The average molecular weight is 349 g/mol. The summed E-state index contributed by atoms with van der Waals surface area (Å²) in [4.78, 5) is 23.9. The van der Waals surface area contributed by atoms with E-state index in [0.717, 1.165) is 11.1 Å². The summed E-state index contributed by atoms with van der Waals surface area (Å²) >= 11 is 0. The van der Waals surface area contributed by atoms with Crippen LogP contribution in [0, 0.1) is 0 Å². The molecule has 2 aromatic carbocycles. The van der Waals surface area contributed by atoms with Crippen LogP contribution in [0.25, 0.3) is 0 Å². The smallest absolute Gasteiger partial charge is 0.325 e. The van der Waals surface area contributed by atoms with Crippen LogP contribution in [0.1, 0.15) is 21.5 Å². The van der Waals surface area contributed by atoms with Crippen LogP contribution in [0.3, 0.4) is 0 Å². The van der Waals surface area contributed by atoms with E-state index in [4.69, 9.17) is 4.74 Å². The highest BCUT2D eigenvalue weighted by molar-refractivity contribution is 5.95. The van der Waals surface area contributed by atoms with Gasteiger partial charge in [-0.05, 0) is 29.3 Å². The highest BCUT2D eigenvalue weighted by atomic mass is 16.5. The van der Waals surface area contributed by atoms with Crippen LogP contribution in [-0.4, -0.2) is 28.2 Å². The van der Waals surface area contributed by atoms with Gasteiger partial charge in [-0.1, -0.05) is 42.5 Å². The van der Waals surface area contributed by atoms with Crippen LogP contribution >= 0.6 is 0 Å². The van der Waals surface area contributed by atoms with Crippen molar-refractivity contribution in [1.29, 1.82) is 0 Å². The summed E-state index contributed by atoms with van der Waals surface area (Å²) in [6.07, 6.45) is 3.60. The highest BCUT2D eigenvalue weighted by Gasteiger charge is 2.09. The van der Waals surface area contributed by atoms with Gasteiger partial charge in [0.15, 0.2) is 0 Å². The quantitative estimate of drug-likeness (QED) is 0.665. The summed E-state index contributed by atoms with van der Waals surface area (Å²) in [7, 11) is 0. The normalized spacial score (nSPS) is 10.3. The van der Waals surface area contributed by atoms with E-state index in [1.807, 2.05) is 54.7 Å². The van der Waals surface area contributed by atoms with Crippen molar-refractivity contribution in [3.63, 3.8) is 0 Å². The van der Waals surface area contributed by atoms with Gasteiger partial charge in [0.25, 0.3) is 5.91 Å². The van der Waals surface area contributed by atoms with Crippen LogP contribution < -0.4 is 5.32 Å². The van der Waals surface area contributed by atoms with Crippen molar-refractivity contribution in [2.45, 2.75) is 13.2 Å². The second-order valence-corrected chi connectivity index (χ2v) is 5.73. The lowest BCUT2D eigenvalue weighted by Gasteiger charge is -2.07. The molecule has 6 nitrogen and oxygen atoms in total. The summed E-state index contributed by atoms with van der Waals surface area (Å²) in [5.41, 5.74) is 2.43. The van der Waals surface area contributed by atoms with Crippen molar-refractivity contribution in [2.75, 3.05) is 6.54 Å². The molecule has 0 bridgehead atoms. The van der Waals surface area contributed by atoms with Gasteiger partial charge in [0, 0.05) is 18.0 Å². The fourth-order valence-corrected chi connectivity index (χ4v) is 2.39. The molecule has 0 spiro atoms. The van der Waals surface area contributed by atoms with Gasteiger partial charge in [0.1, 0.15) is 13.2 Å². The zero-order valence-corrected chi connectivity index (χ0v) is 14.2. The Labute approximate surface area is 151 Å². The summed E-state index contributed by atoms with van der Waals surface area (Å²) in [6.45, 7) is 0.666. The number of nitrogens with zero attached hydrogens (tertiary/aromatic N) is 2. The molecule has 0 aliphatic carbocycles. The maximum absolute atomic E-state index is 12.1. The third-order valence-electron chi connectivity index (χ3n) is 3.76. The minimum Gasteiger partial charge on any atom is -0.460 e. The van der Waals surface area contributed by atoms with E-state index >= 15 is 0 Å². The molecule has 1 amide bonds. The maximum Gasteiger partial charge on any atom is 0.325 e. The first-order valence-corrected chi connectivity index (χ1v) is 8.25. The van der Waals surface area contributed by atoms with E-state index in [-0.39, 0.29) is 19.1 Å². The molecule has 6 heteroatoms. The van der Waals surface area contributed by atoms with Gasteiger partial charge in [-0.3, -0.25) is 14.3 Å². The average Bonchev–Trinajstić information content (AvgIpc) is 3.19. The molecule has 26 heavy (non-hydrogen) atoms. The number of hydrogen-bond acceptors (Lipinski definition) is 4. The number of carbonyl (C=O) groups excluding carboxylic acids is 2. The van der Waals surface area contributed by atoms with Crippen LogP contribution in [0.2, 0.25) is 0 Å². The van der Waals surface area contributed by atoms with Gasteiger partial charge in [-0.2, -0.15) is 5.10 Å². The number of ether oxygens (including phenoxy) is 1. The Morgan fingerprint density at radius 3 is 2.42 bits per heavy atom. The third kappa shape index (κ3) is 5.04. The molecular formula is C20H19N3O3. The van der Waals surface area contributed by atoms with Crippen LogP contribution in [-0.2, 0) is 22.7 Å². The topological polar surface area (TPSA) is 73.2 Å². The van der Waals surface area contributed by atoms with E-state index in [9.17, 15) is 9.59 Å². The molecule has 0 saturated heterocycles. The molecular weight excluding hydrogens is 330 g/mol. The van der Waals surface area contributed by atoms with Crippen LogP contribution in [0.4, 0.5) is 0 Å². The minimum absolute atomic E-state index is 0.166. The van der Waals surface area contributed by atoms with E-state index in [1.54, 1.807) is 23.0 Å². The fraction of sp³-hybridized carbons (Fsp3) is 0.150. The molecule has 0 atom stereocenters. The summed E-state index contributed by atoms with van der Waals surface area (Å²) in [5.74, 6) is -0.787. The molecule has 0 aliphatic heterocycles. The summed E-state index contributed by atoms with van der Waals surface area (Å²) in [5, 5.41) is 6.71. The maximum atomic E-state index is 12.1. The molecule has 0 radical (unpaired) electrons. The number of hydrogen-bond donors (Lipinski definition) is 1. The zero-order valence-electron chi connectivity index (χ0n) is 14.2. The highest BCUT2D eigenvalue weighted by Crippen LogP contribution is 2.06. The van der Waals surface area contributed by atoms with Gasteiger partial charge in [0.05, 0.1) is 6.54 Å². The Hall–Kier alpha value is -3.41. The minimum atomic E-state index is -0.475. The largest absolute Gasteiger partial charge is 0.460 e. The van der Waals surface area contributed by atoms with E-state index in [2.05, 4.69) is 10.4 Å². The van der Waals surface area contributed by atoms with Crippen molar-refractivity contribution in [2.24, 2.45) is 0 Å². The van der Waals surface area contributed by atoms with Gasteiger partial charge in [-0.25, -0.2) is 0 Å². The first kappa shape index (κ1) is 17.4. The Morgan fingerprint density at radius 2 is 1.73 bits per heavy atom. The molecule has 132 valence electrons. The van der Waals surface area contributed by atoms with Crippen LogP contribution in [0.15, 0.2) is 73.1 Å². The van der Waals surface area contributed by atoms with Crippen molar-refractivity contribution in [1.82, 2.24) is 15.1 Å². The Balaban J connectivity index is 1.44. The van der Waals surface area contributed by atoms with E-state index < -0.39 is 5.97 Å². The second-order valence-electron chi connectivity index (χ2n) is 5.73. The van der Waals surface area contributed by atoms with E-state index in [0.29, 0.717) is 12.1 Å².